The molecular formula is C22H14N4OS. The molecule has 2 heterocycles. The molecule has 0 saturated heterocycles. The van der Waals surface area contributed by atoms with Crippen LogP contribution in [-0.2, 0) is 5.75 Å². The molecule has 2 aromatic carbocycles. The van der Waals surface area contributed by atoms with Gasteiger partial charge in [-0.3, -0.25) is 0 Å². The van der Waals surface area contributed by atoms with Crippen molar-refractivity contribution in [3.05, 3.63) is 77.7 Å². The van der Waals surface area contributed by atoms with E-state index in [0.717, 1.165) is 22.1 Å². The van der Waals surface area contributed by atoms with Crippen molar-refractivity contribution in [3.8, 4) is 23.3 Å². The van der Waals surface area contributed by atoms with Gasteiger partial charge in [0.25, 0.3) is 0 Å². The number of nitriles is 2. The van der Waals surface area contributed by atoms with Gasteiger partial charge in [-0.1, -0.05) is 54.2 Å². The summed E-state index contributed by atoms with van der Waals surface area (Å²) in [5, 5.41) is 22.1. The maximum atomic E-state index is 9.92. The van der Waals surface area contributed by atoms with E-state index in [9.17, 15) is 10.5 Å². The van der Waals surface area contributed by atoms with Gasteiger partial charge in [0.05, 0.1) is 17.6 Å². The summed E-state index contributed by atoms with van der Waals surface area (Å²) in [4.78, 5) is 4.33. The Morgan fingerprint density at radius 1 is 0.964 bits per heavy atom. The summed E-state index contributed by atoms with van der Waals surface area (Å²) in [6, 6.07) is 21.7. The third kappa shape index (κ3) is 3.07. The van der Waals surface area contributed by atoms with Crippen LogP contribution in [0.25, 0.3) is 21.9 Å². The summed E-state index contributed by atoms with van der Waals surface area (Å²) in [5.41, 5.74) is 7.99. The number of aromatic nitrogens is 1. The lowest BCUT2D eigenvalue weighted by atomic mass is 9.92. The number of benzene rings is 2. The number of furan rings is 1. The number of hydrogen-bond donors (Lipinski definition) is 1. The summed E-state index contributed by atoms with van der Waals surface area (Å²) in [7, 11) is 0. The predicted molar refractivity (Wildman–Crippen MR) is 109 cm³/mol. The second-order valence-corrected chi connectivity index (χ2v) is 7.01. The molecule has 0 atom stereocenters. The van der Waals surface area contributed by atoms with Crippen molar-refractivity contribution in [1.29, 1.82) is 10.5 Å². The number of pyridine rings is 1. The van der Waals surface area contributed by atoms with Crippen LogP contribution in [-0.4, -0.2) is 4.98 Å². The fraction of sp³-hybridized carbons (Fsp3) is 0.0455. The van der Waals surface area contributed by atoms with Crippen molar-refractivity contribution in [2.45, 2.75) is 10.8 Å². The molecule has 0 unspecified atom stereocenters. The third-order valence-corrected chi connectivity index (χ3v) is 5.40. The number of fused-ring (bicyclic) bond motifs is 1. The largest absolute Gasteiger partial charge is 0.468 e. The molecule has 2 aromatic heterocycles. The van der Waals surface area contributed by atoms with Crippen molar-refractivity contribution in [1.82, 2.24) is 4.98 Å². The van der Waals surface area contributed by atoms with Crippen LogP contribution in [0.1, 0.15) is 16.9 Å². The first-order valence-electron chi connectivity index (χ1n) is 8.50. The molecule has 0 radical (unpaired) electrons. The first-order valence-corrected chi connectivity index (χ1v) is 9.48. The van der Waals surface area contributed by atoms with E-state index >= 15 is 0 Å². The minimum absolute atomic E-state index is 0.117. The van der Waals surface area contributed by atoms with Gasteiger partial charge in [-0.05, 0) is 28.5 Å². The van der Waals surface area contributed by atoms with Crippen LogP contribution in [0, 0.1) is 22.7 Å². The van der Waals surface area contributed by atoms with Crippen molar-refractivity contribution in [2.24, 2.45) is 0 Å². The molecule has 0 aliphatic carbocycles. The Balaban J connectivity index is 1.95. The number of hydrogen-bond acceptors (Lipinski definition) is 6. The molecule has 28 heavy (non-hydrogen) atoms. The molecule has 0 spiro atoms. The van der Waals surface area contributed by atoms with Gasteiger partial charge in [0.2, 0.25) is 0 Å². The highest BCUT2D eigenvalue weighted by atomic mass is 32.2. The van der Waals surface area contributed by atoms with Crippen LogP contribution < -0.4 is 5.73 Å². The van der Waals surface area contributed by atoms with Crippen LogP contribution in [0.15, 0.2) is 70.3 Å². The molecule has 0 aliphatic heterocycles. The number of rotatable bonds is 4. The zero-order chi connectivity index (χ0) is 19.5. The molecule has 134 valence electrons. The zero-order valence-electron chi connectivity index (χ0n) is 14.7. The van der Waals surface area contributed by atoms with Crippen LogP contribution in [0.3, 0.4) is 0 Å². The standard InChI is InChI=1S/C22H14N4OS/c23-11-18-20(17-9-3-6-14-5-1-2-8-16(14)17)19(12-24)22(26-21(18)25)28-13-15-7-4-10-27-15/h1-10H,13H2,(H2,25,26). The SMILES string of the molecule is N#Cc1c(N)nc(SCc2ccco2)c(C#N)c1-c1cccc2ccccc12. The number of thioether (sulfide) groups is 1. The first kappa shape index (κ1) is 17.7. The lowest BCUT2D eigenvalue weighted by Crippen LogP contribution is -2.03. The van der Waals surface area contributed by atoms with E-state index in [-0.39, 0.29) is 11.4 Å². The fourth-order valence-electron chi connectivity index (χ4n) is 3.15. The van der Waals surface area contributed by atoms with Gasteiger partial charge in [-0.15, -0.1) is 0 Å². The van der Waals surface area contributed by atoms with E-state index in [1.807, 2.05) is 54.6 Å². The molecule has 6 heteroatoms. The van der Waals surface area contributed by atoms with Crippen LogP contribution in [0.5, 0.6) is 0 Å². The number of anilines is 1. The van der Waals surface area contributed by atoms with Crippen molar-refractivity contribution in [2.75, 3.05) is 5.73 Å². The Kier molecular flexibility index (Phi) is 4.72. The molecule has 0 aliphatic rings. The summed E-state index contributed by atoms with van der Waals surface area (Å²) in [5.74, 6) is 1.39. The third-order valence-electron chi connectivity index (χ3n) is 4.41. The Labute approximate surface area is 166 Å². The second kappa shape index (κ2) is 7.48. The minimum Gasteiger partial charge on any atom is -0.468 e. The van der Waals surface area contributed by atoms with E-state index < -0.39 is 0 Å². The van der Waals surface area contributed by atoms with E-state index in [0.29, 0.717) is 21.9 Å². The molecule has 4 aromatic rings. The highest BCUT2D eigenvalue weighted by Gasteiger charge is 2.22. The number of nitrogens with zero attached hydrogens (tertiary/aromatic N) is 3. The topological polar surface area (TPSA) is 99.6 Å². The fourth-order valence-corrected chi connectivity index (χ4v) is 4.05. The Hall–Kier alpha value is -3.74. The van der Waals surface area contributed by atoms with E-state index in [2.05, 4.69) is 17.1 Å². The monoisotopic (exact) mass is 382 g/mol. The summed E-state index contributed by atoms with van der Waals surface area (Å²) in [6.07, 6.45) is 1.60. The maximum Gasteiger partial charge on any atom is 0.143 e. The molecule has 2 N–H and O–H groups in total. The van der Waals surface area contributed by atoms with Gasteiger partial charge in [0, 0.05) is 5.56 Å². The van der Waals surface area contributed by atoms with Crippen molar-refractivity contribution in [3.63, 3.8) is 0 Å². The molecule has 0 fully saturated rings. The van der Waals surface area contributed by atoms with Crippen molar-refractivity contribution < 1.29 is 4.42 Å². The second-order valence-electron chi connectivity index (χ2n) is 6.05. The molecule has 4 rings (SSSR count). The number of nitrogen functional groups attached to an aromatic ring is 1. The highest BCUT2D eigenvalue weighted by Crippen LogP contribution is 2.39. The summed E-state index contributed by atoms with van der Waals surface area (Å²) in [6.45, 7) is 0. The molecule has 0 bridgehead atoms. The van der Waals surface area contributed by atoms with E-state index in [1.165, 1.54) is 11.8 Å². The predicted octanol–water partition coefficient (Wildman–Crippen LogP) is 5.11. The zero-order valence-corrected chi connectivity index (χ0v) is 15.5. The van der Waals surface area contributed by atoms with Gasteiger partial charge in [-0.25, -0.2) is 4.98 Å². The van der Waals surface area contributed by atoms with Crippen LogP contribution in [0.4, 0.5) is 5.82 Å². The average Bonchev–Trinajstić information content (AvgIpc) is 3.25. The van der Waals surface area contributed by atoms with Crippen LogP contribution >= 0.6 is 11.8 Å². The molecule has 5 nitrogen and oxygen atoms in total. The Morgan fingerprint density at radius 2 is 1.75 bits per heavy atom. The molecular weight excluding hydrogens is 368 g/mol. The Morgan fingerprint density at radius 3 is 2.50 bits per heavy atom. The quantitative estimate of drug-likeness (QED) is 0.492. The van der Waals surface area contributed by atoms with E-state index in [4.69, 9.17) is 10.2 Å². The summed E-state index contributed by atoms with van der Waals surface area (Å²) >= 11 is 1.36. The summed E-state index contributed by atoms with van der Waals surface area (Å²) < 4.78 is 5.36. The van der Waals surface area contributed by atoms with Gasteiger partial charge in [-0.2, -0.15) is 10.5 Å². The Bertz CT molecular complexity index is 1240. The highest BCUT2D eigenvalue weighted by molar-refractivity contribution is 7.98. The lowest BCUT2D eigenvalue weighted by Gasteiger charge is -2.14. The molecule has 0 saturated carbocycles. The minimum atomic E-state index is 0.117. The lowest BCUT2D eigenvalue weighted by molar-refractivity contribution is 0.530. The molecule has 0 amide bonds. The average molecular weight is 382 g/mol. The number of nitrogens with two attached hydrogens (primary N) is 1. The van der Waals surface area contributed by atoms with Crippen LogP contribution in [0.2, 0.25) is 0 Å². The van der Waals surface area contributed by atoms with Gasteiger partial charge in [0.15, 0.2) is 0 Å². The van der Waals surface area contributed by atoms with E-state index in [1.54, 1.807) is 6.26 Å². The van der Waals surface area contributed by atoms with Crippen molar-refractivity contribution >= 4 is 28.4 Å². The smallest absolute Gasteiger partial charge is 0.143 e. The van der Waals surface area contributed by atoms with Gasteiger partial charge in [0.1, 0.15) is 34.3 Å². The van der Waals surface area contributed by atoms with Gasteiger partial charge >= 0.3 is 0 Å². The van der Waals surface area contributed by atoms with Gasteiger partial charge < -0.3 is 10.2 Å². The maximum absolute atomic E-state index is 9.92. The normalized spacial score (nSPS) is 10.5. The first-order chi connectivity index (χ1) is 13.7.